The summed E-state index contributed by atoms with van der Waals surface area (Å²) >= 11 is 5.81. The molecule has 1 rings (SSSR count). The number of carbonyl (C=O) groups is 2. The number of carboxylic acid groups (broad SMARTS) is 1. The van der Waals surface area contributed by atoms with Crippen LogP contribution in [0.4, 0.5) is 10.5 Å². The Bertz CT molecular complexity index is 477. The van der Waals surface area contributed by atoms with Crippen molar-refractivity contribution in [3.63, 3.8) is 0 Å². The van der Waals surface area contributed by atoms with Crippen LogP contribution in [-0.2, 0) is 0 Å². The number of carboxylic acids is 1. The van der Waals surface area contributed by atoms with Crippen LogP contribution in [0.1, 0.15) is 30.6 Å². The number of aromatic carboxylic acids is 1. The van der Waals surface area contributed by atoms with Gasteiger partial charge in [0.15, 0.2) is 0 Å². The Morgan fingerprint density at radius 1 is 1.42 bits per heavy atom. The number of carbonyl (C=O) groups excluding carboxylic acids is 1. The highest BCUT2D eigenvalue weighted by molar-refractivity contribution is 6.34. The molecule has 0 aromatic heterocycles. The zero-order valence-corrected chi connectivity index (χ0v) is 11.6. The first-order valence-corrected chi connectivity index (χ1v) is 6.40. The third-order valence-corrected chi connectivity index (χ3v) is 3.10. The Kier molecular flexibility index (Phi) is 5.63. The van der Waals surface area contributed by atoms with Gasteiger partial charge in [-0.3, -0.25) is 0 Å². The van der Waals surface area contributed by atoms with E-state index in [1.54, 1.807) is 6.07 Å². The normalized spacial score (nSPS) is 11.7. The fraction of sp³-hybridized carbons (Fsp3) is 0.385. The fourth-order valence-electron chi connectivity index (χ4n) is 1.42. The third kappa shape index (κ3) is 4.44. The van der Waals surface area contributed by atoms with Crippen molar-refractivity contribution in [2.24, 2.45) is 5.92 Å². The molecule has 1 aromatic rings. The molecule has 19 heavy (non-hydrogen) atoms. The van der Waals surface area contributed by atoms with Crippen molar-refractivity contribution in [1.82, 2.24) is 5.32 Å². The lowest BCUT2D eigenvalue weighted by Crippen LogP contribution is -2.32. The highest BCUT2D eigenvalue weighted by Crippen LogP contribution is 2.24. The van der Waals surface area contributed by atoms with E-state index < -0.39 is 12.0 Å². The van der Waals surface area contributed by atoms with Gasteiger partial charge in [-0.15, -0.1) is 0 Å². The van der Waals surface area contributed by atoms with Gasteiger partial charge in [0.1, 0.15) is 5.56 Å². The first-order valence-electron chi connectivity index (χ1n) is 6.02. The molecular weight excluding hydrogens is 268 g/mol. The summed E-state index contributed by atoms with van der Waals surface area (Å²) in [5.41, 5.74) is 0.0736. The average Bonchev–Trinajstić information content (AvgIpc) is 2.35. The molecule has 1 aromatic carbocycles. The average molecular weight is 285 g/mol. The van der Waals surface area contributed by atoms with E-state index in [0.29, 0.717) is 12.5 Å². The van der Waals surface area contributed by atoms with Gasteiger partial charge >= 0.3 is 12.0 Å². The summed E-state index contributed by atoms with van der Waals surface area (Å²) in [6, 6.07) is 4.11. The first kappa shape index (κ1) is 15.3. The van der Waals surface area contributed by atoms with Gasteiger partial charge in [-0.1, -0.05) is 37.9 Å². The van der Waals surface area contributed by atoms with Crippen LogP contribution in [0.15, 0.2) is 18.2 Å². The van der Waals surface area contributed by atoms with E-state index in [9.17, 15) is 9.59 Å². The largest absolute Gasteiger partial charge is 0.478 e. The van der Waals surface area contributed by atoms with E-state index >= 15 is 0 Å². The molecule has 0 heterocycles. The molecule has 6 heteroatoms. The van der Waals surface area contributed by atoms with Crippen LogP contribution in [0, 0.1) is 5.92 Å². The van der Waals surface area contributed by atoms with Crippen molar-refractivity contribution in [2.75, 3.05) is 11.9 Å². The van der Waals surface area contributed by atoms with Gasteiger partial charge in [-0.25, -0.2) is 9.59 Å². The maximum Gasteiger partial charge on any atom is 0.339 e. The lowest BCUT2D eigenvalue weighted by atomic mass is 10.1. The predicted molar refractivity (Wildman–Crippen MR) is 74.9 cm³/mol. The molecule has 5 nitrogen and oxygen atoms in total. The number of nitrogens with one attached hydrogen (secondary N) is 2. The zero-order chi connectivity index (χ0) is 14.4. The maximum atomic E-state index is 11.7. The molecule has 2 amide bonds. The second-order valence-corrected chi connectivity index (χ2v) is 4.72. The SMILES string of the molecule is CCC(C)CNC(=O)Nc1cccc(Cl)c1C(=O)O. The van der Waals surface area contributed by atoms with Crippen LogP contribution in [0.5, 0.6) is 0 Å². The molecule has 1 unspecified atom stereocenters. The second kappa shape index (κ2) is 6.99. The number of amides is 2. The third-order valence-electron chi connectivity index (χ3n) is 2.78. The highest BCUT2D eigenvalue weighted by Gasteiger charge is 2.16. The van der Waals surface area contributed by atoms with Crippen molar-refractivity contribution in [3.8, 4) is 0 Å². The molecule has 0 aliphatic rings. The van der Waals surface area contributed by atoms with E-state index in [1.165, 1.54) is 12.1 Å². The molecule has 0 saturated carbocycles. The molecule has 0 aliphatic heterocycles. The summed E-state index contributed by atoms with van der Waals surface area (Å²) in [5.74, 6) is -0.813. The maximum absolute atomic E-state index is 11.7. The fourth-order valence-corrected chi connectivity index (χ4v) is 1.68. The van der Waals surface area contributed by atoms with Crippen molar-refractivity contribution >= 4 is 29.3 Å². The quantitative estimate of drug-likeness (QED) is 0.777. The Morgan fingerprint density at radius 3 is 2.68 bits per heavy atom. The Morgan fingerprint density at radius 2 is 2.11 bits per heavy atom. The van der Waals surface area contributed by atoms with Crippen molar-refractivity contribution in [2.45, 2.75) is 20.3 Å². The van der Waals surface area contributed by atoms with Gasteiger partial charge in [0, 0.05) is 6.54 Å². The monoisotopic (exact) mass is 284 g/mol. The van der Waals surface area contributed by atoms with Crippen molar-refractivity contribution in [1.29, 1.82) is 0 Å². The molecule has 0 radical (unpaired) electrons. The van der Waals surface area contributed by atoms with Crippen molar-refractivity contribution in [3.05, 3.63) is 28.8 Å². The standard InChI is InChI=1S/C13H17ClN2O3/c1-3-8(2)7-15-13(19)16-10-6-4-5-9(14)11(10)12(17)18/h4-6,8H,3,7H2,1-2H3,(H,17,18)(H2,15,16,19). The zero-order valence-electron chi connectivity index (χ0n) is 10.9. The van der Waals surface area contributed by atoms with Crippen LogP contribution < -0.4 is 10.6 Å². The van der Waals surface area contributed by atoms with Crippen LogP contribution in [0.3, 0.4) is 0 Å². The Hall–Kier alpha value is -1.75. The first-order chi connectivity index (χ1) is 8.95. The van der Waals surface area contributed by atoms with E-state index in [0.717, 1.165) is 6.42 Å². The van der Waals surface area contributed by atoms with Crippen LogP contribution in [0.2, 0.25) is 5.02 Å². The molecular formula is C13H17ClN2O3. The number of benzene rings is 1. The molecule has 0 saturated heterocycles. The number of hydrogen-bond acceptors (Lipinski definition) is 2. The summed E-state index contributed by atoms with van der Waals surface area (Å²) in [6.45, 7) is 4.58. The van der Waals surface area contributed by atoms with E-state index in [2.05, 4.69) is 10.6 Å². The lowest BCUT2D eigenvalue weighted by Gasteiger charge is -2.13. The summed E-state index contributed by atoms with van der Waals surface area (Å²) < 4.78 is 0. The summed E-state index contributed by atoms with van der Waals surface area (Å²) in [6.07, 6.45) is 0.956. The Balaban J connectivity index is 2.74. The molecule has 0 spiro atoms. The molecule has 1 atom stereocenters. The second-order valence-electron chi connectivity index (χ2n) is 4.32. The van der Waals surface area contributed by atoms with Crippen molar-refractivity contribution < 1.29 is 14.7 Å². The molecule has 3 N–H and O–H groups in total. The summed E-state index contributed by atoms with van der Waals surface area (Å²) in [7, 11) is 0. The van der Waals surface area contributed by atoms with E-state index in [-0.39, 0.29) is 16.3 Å². The minimum atomic E-state index is -1.18. The number of halogens is 1. The molecule has 0 aliphatic carbocycles. The van der Waals surface area contributed by atoms with E-state index in [4.69, 9.17) is 16.7 Å². The van der Waals surface area contributed by atoms with Gasteiger partial charge in [-0.2, -0.15) is 0 Å². The van der Waals surface area contributed by atoms with Gasteiger partial charge in [-0.05, 0) is 18.1 Å². The number of urea groups is 1. The number of anilines is 1. The molecule has 0 bridgehead atoms. The summed E-state index contributed by atoms with van der Waals surface area (Å²) in [4.78, 5) is 22.7. The van der Waals surface area contributed by atoms with Crippen LogP contribution >= 0.6 is 11.6 Å². The highest BCUT2D eigenvalue weighted by atomic mass is 35.5. The lowest BCUT2D eigenvalue weighted by molar-refractivity contribution is 0.0698. The minimum absolute atomic E-state index is 0.0900. The topological polar surface area (TPSA) is 78.4 Å². The summed E-state index contributed by atoms with van der Waals surface area (Å²) in [5, 5.41) is 14.3. The van der Waals surface area contributed by atoms with Gasteiger partial charge in [0.25, 0.3) is 0 Å². The van der Waals surface area contributed by atoms with Crippen LogP contribution in [-0.4, -0.2) is 23.7 Å². The van der Waals surface area contributed by atoms with Gasteiger partial charge in [0.05, 0.1) is 10.7 Å². The molecule has 104 valence electrons. The molecule has 0 fully saturated rings. The number of hydrogen-bond donors (Lipinski definition) is 3. The number of rotatable bonds is 5. The van der Waals surface area contributed by atoms with Gasteiger partial charge in [0.2, 0.25) is 0 Å². The smallest absolute Gasteiger partial charge is 0.339 e. The Labute approximate surface area is 117 Å². The predicted octanol–water partition coefficient (Wildman–Crippen LogP) is 3.21. The van der Waals surface area contributed by atoms with Crippen LogP contribution in [0.25, 0.3) is 0 Å². The van der Waals surface area contributed by atoms with E-state index in [1.807, 2.05) is 13.8 Å². The van der Waals surface area contributed by atoms with Gasteiger partial charge < -0.3 is 15.7 Å². The minimum Gasteiger partial charge on any atom is -0.478 e.